The Morgan fingerprint density at radius 2 is 2.24 bits per heavy atom. The van der Waals surface area contributed by atoms with Crippen LogP contribution in [0, 0.1) is 35.0 Å². The van der Waals surface area contributed by atoms with E-state index in [1.54, 1.807) is 7.11 Å². The number of carbonyl (C=O) groups excluding carboxylic acids is 1. The van der Waals surface area contributed by atoms with Gasteiger partial charge in [0.25, 0.3) is 0 Å². The molecule has 92 valence electrons. The Balaban J connectivity index is 1.88. The van der Waals surface area contributed by atoms with Crippen molar-refractivity contribution in [1.82, 2.24) is 0 Å². The molecule has 3 saturated carbocycles. The lowest BCUT2D eigenvalue weighted by Crippen LogP contribution is -2.48. The van der Waals surface area contributed by atoms with Gasteiger partial charge >= 0.3 is 5.97 Å². The molecule has 4 rings (SSSR count). The number of allylic oxidation sites excluding steroid dienone is 2. The largest absolute Gasteiger partial charge is 0.469 e. The summed E-state index contributed by atoms with van der Waals surface area (Å²) < 4.78 is 5.23. The van der Waals surface area contributed by atoms with Gasteiger partial charge in [0.15, 0.2) is 0 Å². The molecule has 2 heteroatoms. The van der Waals surface area contributed by atoms with Gasteiger partial charge in [0, 0.05) is 0 Å². The zero-order valence-electron chi connectivity index (χ0n) is 10.6. The van der Waals surface area contributed by atoms with Crippen LogP contribution in [0.4, 0.5) is 0 Å². The van der Waals surface area contributed by atoms with Crippen molar-refractivity contribution in [3.63, 3.8) is 0 Å². The Hall–Kier alpha value is -0.790. The first kappa shape index (κ1) is 10.2. The first-order chi connectivity index (χ1) is 8.19. The standard InChI is InChI=1S/C15H20O2/c1-8-5-10-7-12(8)15(14(16)17-2)11-4-3-9(6-11)13(10)15/h5,9-13H,3-4,6-7H2,1-2H3. The molecular formula is C15H20O2. The molecule has 6 atom stereocenters. The summed E-state index contributed by atoms with van der Waals surface area (Å²) in [6.45, 7) is 2.22. The Kier molecular flexibility index (Phi) is 1.77. The molecule has 0 amide bonds. The van der Waals surface area contributed by atoms with Gasteiger partial charge in [-0.3, -0.25) is 4.79 Å². The van der Waals surface area contributed by atoms with Gasteiger partial charge in [-0.2, -0.15) is 0 Å². The SMILES string of the molecule is COC(=O)C12C3CCC(C3)C1C1C=C(C)C2C1. The molecule has 2 nitrogen and oxygen atoms in total. The van der Waals surface area contributed by atoms with Crippen LogP contribution in [0.1, 0.15) is 32.6 Å². The molecule has 0 aromatic carbocycles. The van der Waals surface area contributed by atoms with Gasteiger partial charge in [0.2, 0.25) is 0 Å². The third-order valence-corrected chi connectivity index (χ3v) is 6.32. The summed E-state index contributed by atoms with van der Waals surface area (Å²) in [6.07, 6.45) is 7.57. The van der Waals surface area contributed by atoms with Crippen molar-refractivity contribution < 1.29 is 9.53 Å². The van der Waals surface area contributed by atoms with Crippen LogP contribution in [-0.2, 0) is 9.53 Å². The Bertz CT molecular complexity index is 425. The maximum atomic E-state index is 12.5. The molecular weight excluding hydrogens is 212 g/mol. The molecule has 0 N–H and O–H groups in total. The summed E-state index contributed by atoms with van der Waals surface area (Å²) in [4.78, 5) is 12.5. The average molecular weight is 232 g/mol. The second-order valence-corrected chi connectivity index (χ2v) is 6.58. The summed E-state index contributed by atoms with van der Waals surface area (Å²) in [5.74, 6) is 3.31. The van der Waals surface area contributed by atoms with Crippen LogP contribution in [0.15, 0.2) is 11.6 Å². The predicted octanol–water partition coefficient (Wildman–Crippen LogP) is 2.79. The maximum Gasteiger partial charge on any atom is 0.313 e. The molecule has 0 heterocycles. The molecule has 0 radical (unpaired) electrons. The predicted molar refractivity (Wildman–Crippen MR) is 64.1 cm³/mol. The van der Waals surface area contributed by atoms with Crippen molar-refractivity contribution in [1.29, 1.82) is 0 Å². The summed E-state index contributed by atoms with van der Waals surface area (Å²) >= 11 is 0. The van der Waals surface area contributed by atoms with E-state index >= 15 is 0 Å². The molecule has 17 heavy (non-hydrogen) atoms. The number of hydrogen-bond acceptors (Lipinski definition) is 2. The Labute approximate surface area is 102 Å². The van der Waals surface area contributed by atoms with Gasteiger partial charge in [0.05, 0.1) is 12.5 Å². The highest BCUT2D eigenvalue weighted by Gasteiger charge is 2.72. The minimum Gasteiger partial charge on any atom is -0.469 e. The Morgan fingerprint density at radius 3 is 3.00 bits per heavy atom. The zero-order valence-corrected chi connectivity index (χ0v) is 10.6. The van der Waals surface area contributed by atoms with E-state index in [-0.39, 0.29) is 11.4 Å². The molecule has 0 spiro atoms. The molecule has 6 unspecified atom stereocenters. The van der Waals surface area contributed by atoms with Gasteiger partial charge in [-0.25, -0.2) is 0 Å². The van der Waals surface area contributed by atoms with Crippen molar-refractivity contribution in [2.45, 2.75) is 32.6 Å². The van der Waals surface area contributed by atoms with E-state index in [0.29, 0.717) is 23.7 Å². The topological polar surface area (TPSA) is 26.3 Å². The van der Waals surface area contributed by atoms with E-state index in [4.69, 9.17) is 4.74 Å². The third-order valence-electron chi connectivity index (χ3n) is 6.32. The fourth-order valence-corrected chi connectivity index (χ4v) is 6.08. The van der Waals surface area contributed by atoms with Crippen LogP contribution in [0.25, 0.3) is 0 Å². The van der Waals surface area contributed by atoms with Crippen LogP contribution in [-0.4, -0.2) is 13.1 Å². The van der Waals surface area contributed by atoms with E-state index in [2.05, 4.69) is 13.0 Å². The molecule has 3 fully saturated rings. The lowest BCUT2D eigenvalue weighted by atomic mass is 9.59. The van der Waals surface area contributed by atoms with Crippen LogP contribution in [0.5, 0.6) is 0 Å². The molecule has 4 aliphatic rings. The highest BCUT2D eigenvalue weighted by molar-refractivity contribution is 5.81. The van der Waals surface area contributed by atoms with Crippen molar-refractivity contribution in [2.24, 2.45) is 35.0 Å². The smallest absolute Gasteiger partial charge is 0.313 e. The highest BCUT2D eigenvalue weighted by atomic mass is 16.5. The molecule has 0 saturated heterocycles. The summed E-state index contributed by atoms with van der Waals surface area (Å²) in [7, 11) is 1.57. The third kappa shape index (κ3) is 0.903. The number of rotatable bonds is 1. The minimum atomic E-state index is -0.110. The quantitative estimate of drug-likeness (QED) is 0.395. The van der Waals surface area contributed by atoms with Crippen molar-refractivity contribution in [3.05, 3.63) is 11.6 Å². The van der Waals surface area contributed by atoms with Gasteiger partial charge in [-0.15, -0.1) is 0 Å². The minimum absolute atomic E-state index is 0.106. The van der Waals surface area contributed by atoms with Crippen LogP contribution in [0.2, 0.25) is 0 Å². The first-order valence-electron chi connectivity index (χ1n) is 6.96. The number of hydrogen-bond donors (Lipinski definition) is 0. The van der Waals surface area contributed by atoms with Crippen molar-refractivity contribution in [2.75, 3.05) is 7.11 Å². The lowest BCUT2D eigenvalue weighted by molar-refractivity contribution is -0.162. The monoisotopic (exact) mass is 232 g/mol. The molecule has 0 aromatic rings. The molecule has 0 aliphatic heterocycles. The van der Waals surface area contributed by atoms with E-state index < -0.39 is 0 Å². The van der Waals surface area contributed by atoms with Gasteiger partial charge < -0.3 is 4.74 Å². The normalized spacial score (nSPS) is 53.8. The van der Waals surface area contributed by atoms with E-state index in [0.717, 1.165) is 5.92 Å². The first-order valence-corrected chi connectivity index (χ1v) is 6.96. The number of esters is 1. The summed E-state index contributed by atoms with van der Waals surface area (Å²) in [5, 5.41) is 0. The maximum absolute atomic E-state index is 12.5. The van der Waals surface area contributed by atoms with E-state index in [9.17, 15) is 4.79 Å². The summed E-state index contributed by atoms with van der Waals surface area (Å²) in [6, 6.07) is 0. The van der Waals surface area contributed by atoms with Gasteiger partial charge in [-0.1, -0.05) is 11.6 Å². The highest BCUT2D eigenvalue weighted by Crippen LogP contribution is 2.73. The zero-order chi connectivity index (χ0) is 11.8. The molecule has 0 aromatic heterocycles. The van der Waals surface area contributed by atoms with Gasteiger partial charge in [0.1, 0.15) is 0 Å². The second-order valence-electron chi connectivity index (χ2n) is 6.58. The molecule has 4 bridgehead atoms. The van der Waals surface area contributed by atoms with Crippen LogP contribution < -0.4 is 0 Å². The number of methoxy groups -OCH3 is 1. The van der Waals surface area contributed by atoms with Crippen LogP contribution in [0.3, 0.4) is 0 Å². The van der Waals surface area contributed by atoms with Crippen LogP contribution >= 0.6 is 0 Å². The summed E-state index contributed by atoms with van der Waals surface area (Å²) in [5.41, 5.74) is 1.35. The van der Waals surface area contributed by atoms with Crippen molar-refractivity contribution >= 4 is 5.97 Å². The second kappa shape index (κ2) is 2.96. The lowest BCUT2D eigenvalue weighted by Gasteiger charge is -2.44. The average Bonchev–Trinajstić information content (AvgIpc) is 3.03. The van der Waals surface area contributed by atoms with Gasteiger partial charge in [-0.05, 0) is 62.2 Å². The Morgan fingerprint density at radius 1 is 1.41 bits per heavy atom. The van der Waals surface area contributed by atoms with E-state index in [1.165, 1.54) is 31.3 Å². The van der Waals surface area contributed by atoms with Crippen molar-refractivity contribution in [3.8, 4) is 0 Å². The number of ether oxygens (including phenoxy) is 1. The molecule has 4 aliphatic carbocycles. The fourth-order valence-electron chi connectivity index (χ4n) is 6.08. The fraction of sp³-hybridized carbons (Fsp3) is 0.800. The number of fused-ring (bicyclic) bond motifs is 9. The van der Waals surface area contributed by atoms with E-state index in [1.807, 2.05) is 0 Å². The number of carbonyl (C=O) groups is 1.